The molecule has 1 saturated heterocycles. The van der Waals surface area contributed by atoms with E-state index in [1.165, 1.54) is 11.8 Å². The van der Waals surface area contributed by atoms with Gasteiger partial charge in [-0.25, -0.2) is 17.6 Å². The lowest BCUT2D eigenvalue weighted by Gasteiger charge is -2.21. The second-order valence-corrected chi connectivity index (χ2v) is 7.31. The summed E-state index contributed by atoms with van der Waals surface area (Å²) in [4.78, 5) is 23.4. The zero-order valence-electron chi connectivity index (χ0n) is 12.7. The van der Waals surface area contributed by atoms with Crippen molar-refractivity contribution in [3.63, 3.8) is 0 Å². The Labute approximate surface area is 133 Å². The van der Waals surface area contributed by atoms with Gasteiger partial charge in [0.2, 0.25) is 15.9 Å². The van der Waals surface area contributed by atoms with E-state index in [4.69, 9.17) is 5.11 Å². The van der Waals surface area contributed by atoms with Crippen LogP contribution in [0.2, 0.25) is 0 Å². The van der Waals surface area contributed by atoms with Crippen LogP contribution in [0.25, 0.3) is 0 Å². The summed E-state index contributed by atoms with van der Waals surface area (Å²) in [6.45, 7) is 1.64. The monoisotopic (exact) mass is 344 g/mol. The molecule has 0 aromatic heterocycles. The summed E-state index contributed by atoms with van der Waals surface area (Å²) in [6, 6.07) is 2.18. The summed E-state index contributed by atoms with van der Waals surface area (Å²) in [7, 11) is -2.66. The number of carbonyl (C=O) groups is 2. The molecule has 1 aliphatic rings. The molecule has 126 valence electrons. The van der Waals surface area contributed by atoms with Gasteiger partial charge in [0, 0.05) is 33.1 Å². The lowest BCUT2D eigenvalue weighted by molar-refractivity contribution is -0.129. The molecule has 0 atom stereocenters. The van der Waals surface area contributed by atoms with Crippen LogP contribution in [-0.4, -0.2) is 61.3 Å². The van der Waals surface area contributed by atoms with Crippen molar-refractivity contribution in [2.45, 2.75) is 18.2 Å². The number of carboxylic acid groups (broad SMARTS) is 1. The highest BCUT2D eigenvalue weighted by molar-refractivity contribution is 7.89. The van der Waals surface area contributed by atoms with E-state index in [2.05, 4.69) is 0 Å². The van der Waals surface area contributed by atoms with E-state index in [1.54, 1.807) is 7.05 Å². The van der Waals surface area contributed by atoms with Crippen LogP contribution >= 0.6 is 0 Å². The number of sulfonamides is 1. The van der Waals surface area contributed by atoms with Crippen molar-refractivity contribution in [1.82, 2.24) is 9.21 Å². The van der Waals surface area contributed by atoms with E-state index in [1.807, 2.05) is 0 Å². The number of hydrogen-bond donors (Lipinski definition) is 1. The highest BCUT2D eigenvalue weighted by Gasteiger charge is 2.32. The number of carboxylic acids is 1. The van der Waals surface area contributed by atoms with Crippen molar-refractivity contribution < 1.29 is 27.5 Å². The fraction of sp³-hybridized carbons (Fsp3) is 0.429. The van der Waals surface area contributed by atoms with Gasteiger partial charge in [0.1, 0.15) is 4.90 Å². The summed E-state index contributed by atoms with van der Waals surface area (Å²) in [5.74, 6) is -3.01. The topological polar surface area (TPSA) is 95.0 Å². The van der Waals surface area contributed by atoms with Crippen molar-refractivity contribution in [3.8, 4) is 0 Å². The second kappa shape index (κ2) is 6.25. The summed E-state index contributed by atoms with van der Waals surface area (Å²) in [5.41, 5.74) is -0.364. The van der Waals surface area contributed by atoms with E-state index in [0.29, 0.717) is 5.56 Å². The Morgan fingerprint density at radius 1 is 1.26 bits per heavy atom. The predicted molar refractivity (Wildman–Crippen MR) is 79.1 cm³/mol. The Morgan fingerprint density at radius 2 is 1.91 bits per heavy atom. The zero-order chi connectivity index (χ0) is 17.4. The minimum atomic E-state index is -4.23. The van der Waals surface area contributed by atoms with Crippen LogP contribution in [0, 0.1) is 12.7 Å². The molecule has 1 heterocycles. The molecule has 1 amide bonds. The molecule has 0 unspecified atom stereocenters. The molecule has 1 aromatic rings. The van der Waals surface area contributed by atoms with E-state index in [-0.39, 0.29) is 32.0 Å². The molecule has 7 nitrogen and oxygen atoms in total. The largest absolute Gasteiger partial charge is 0.478 e. The van der Waals surface area contributed by atoms with Gasteiger partial charge in [-0.3, -0.25) is 4.79 Å². The van der Waals surface area contributed by atoms with Gasteiger partial charge in [-0.1, -0.05) is 0 Å². The van der Waals surface area contributed by atoms with Crippen LogP contribution in [0.4, 0.5) is 4.39 Å². The van der Waals surface area contributed by atoms with E-state index in [9.17, 15) is 22.4 Å². The first-order valence-electron chi connectivity index (χ1n) is 6.92. The average molecular weight is 344 g/mol. The Kier molecular flexibility index (Phi) is 4.71. The SMILES string of the molecule is Cc1cc(C(=O)O)c(F)c(S(=O)(=O)N2CCC(=O)N(C)CC2)c1. The van der Waals surface area contributed by atoms with Gasteiger partial charge in [-0.15, -0.1) is 0 Å². The van der Waals surface area contributed by atoms with Crippen molar-refractivity contribution >= 4 is 21.9 Å². The predicted octanol–water partition coefficient (Wildman–Crippen LogP) is 0.685. The van der Waals surface area contributed by atoms with Crippen LogP contribution in [0.5, 0.6) is 0 Å². The quantitative estimate of drug-likeness (QED) is 0.870. The van der Waals surface area contributed by atoms with Crippen LogP contribution < -0.4 is 0 Å². The Hall–Kier alpha value is -2.00. The Bertz CT molecular complexity index is 763. The molecule has 1 aromatic carbocycles. The molecule has 2 rings (SSSR count). The maximum atomic E-state index is 14.3. The molecule has 0 radical (unpaired) electrons. The van der Waals surface area contributed by atoms with Crippen molar-refractivity contribution in [2.75, 3.05) is 26.7 Å². The van der Waals surface area contributed by atoms with Gasteiger partial charge in [0.15, 0.2) is 5.82 Å². The highest BCUT2D eigenvalue weighted by atomic mass is 32.2. The first-order valence-corrected chi connectivity index (χ1v) is 8.36. The van der Waals surface area contributed by atoms with E-state index < -0.39 is 32.3 Å². The van der Waals surface area contributed by atoms with Crippen molar-refractivity contribution in [2.24, 2.45) is 0 Å². The normalized spacial score (nSPS) is 17.2. The first kappa shape index (κ1) is 17.4. The molecule has 1 aliphatic heterocycles. The second-order valence-electron chi connectivity index (χ2n) is 5.40. The minimum absolute atomic E-state index is 0.00501. The molecule has 9 heteroatoms. The molecule has 0 spiro atoms. The first-order chi connectivity index (χ1) is 10.6. The molecular weight excluding hydrogens is 327 g/mol. The van der Waals surface area contributed by atoms with Gasteiger partial charge in [0.25, 0.3) is 0 Å². The lowest BCUT2D eigenvalue weighted by atomic mass is 10.1. The number of hydrogen-bond acceptors (Lipinski definition) is 4. The molecule has 1 N–H and O–H groups in total. The number of aromatic carboxylic acids is 1. The fourth-order valence-electron chi connectivity index (χ4n) is 2.37. The molecular formula is C14H17FN2O5S. The third-order valence-electron chi connectivity index (χ3n) is 3.72. The Balaban J connectivity index is 2.48. The maximum Gasteiger partial charge on any atom is 0.338 e. The number of benzene rings is 1. The van der Waals surface area contributed by atoms with Crippen molar-refractivity contribution in [1.29, 1.82) is 0 Å². The summed E-state index contributed by atoms with van der Waals surface area (Å²) in [5, 5.41) is 9.01. The van der Waals surface area contributed by atoms with E-state index in [0.717, 1.165) is 16.4 Å². The number of rotatable bonds is 3. The zero-order valence-corrected chi connectivity index (χ0v) is 13.6. The van der Waals surface area contributed by atoms with Crippen LogP contribution in [-0.2, 0) is 14.8 Å². The summed E-state index contributed by atoms with van der Waals surface area (Å²) >= 11 is 0. The molecule has 23 heavy (non-hydrogen) atoms. The van der Waals surface area contributed by atoms with Gasteiger partial charge in [-0.05, 0) is 24.6 Å². The number of halogens is 1. The standard InChI is InChI=1S/C14H17FN2O5S/c1-9-7-10(14(19)20)13(15)11(8-9)23(21,22)17-4-3-12(18)16(2)5-6-17/h7-8H,3-6H2,1-2H3,(H,19,20). The third-order valence-corrected chi connectivity index (χ3v) is 5.62. The number of aryl methyl sites for hydroxylation is 1. The van der Waals surface area contributed by atoms with E-state index >= 15 is 0 Å². The third kappa shape index (κ3) is 3.35. The van der Waals surface area contributed by atoms with Crippen LogP contribution in [0.3, 0.4) is 0 Å². The average Bonchev–Trinajstić information content (AvgIpc) is 2.63. The maximum absolute atomic E-state index is 14.3. The summed E-state index contributed by atoms with van der Waals surface area (Å²) in [6.07, 6.45) is -0.00501. The number of carbonyl (C=O) groups excluding carboxylic acids is 1. The number of nitrogens with zero attached hydrogens (tertiary/aromatic N) is 2. The van der Waals surface area contributed by atoms with Gasteiger partial charge >= 0.3 is 5.97 Å². The fourth-order valence-corrected chi connectivity index (χ4v) is 3.97. The smallest absolute Gasteiger partial charge is 0.338 e. The number of likely N-dealkylation sites (N-methyl/N-ethyl adjacent to an activating group) is 1. The molecule has 0 saturated carbocycles. The van der Waals surface area contributed by atoms with Gasteiger partial charge < -0.3 is 10.0 Å². The minimum Gasteiger partial charge on any atom is -0.478 e. The molecule has 0 aliphatic carbocycles. The van der Waals surface area contributed by atoms with Crippen LogP contribution in [0.1, 0.15) is 22.3 Å². The highest BCUT2D eigenvalue weighted by Crippen LogP contribution is 2.25. The van der Waals surface area contributed by atoms with Crippen molar-refractivity contribution in [3.05, 3.63) is 29.1 Å². The van der Waals surface area contributed by atoms with Gasteiger partial charge in [-0.2, -0.15) is 4.31 Å². The molecule has 0 bridgehead atoms. The van der Waals surface area contributed by atoms with Crippen LogP contribution in [0.15, 0.2) is 17.0 Å². The van der Waals surface area contributed by atoms with Gasteiger partial charge in [0.05, 0.1) is 5.56 Å². The number of amides is 1. The lowest BCUT2D eigenvalue weighted by Crippen LogP contribution is -2.35. The summed E-state index contributed by atoms with van der Waals surface area (Å²) < 4.78 is 40.7. The molecule has 1 fully saturated rings. The Morgan fingerprint density at radius 3 is 2.52 bits per heavy atom.